The van der Waals surface area contributed by atoms with Gasteiger partial charge in [0, 0.05) is 24.9 Å². The summed E-state index contributed by atoms with van der Waals surface area (Å²) in [5, 5.41) is 0. The summed E-state index contributed by atoms with van der Waals surface area (Å²) in [4.78, 5) is 14.6. The van der Waals surface area contributed by atoms with Gasteiger partial charge in [-0.15, -0.1) is 0 Å². The van der Waals surface area contributed by atoms with Gasteiger partial charge in [-0.3, -0.25) is 4.79 Å². The molecule has 18 heavy (non-hydrogen) atoms. The van der Waals surface area contributed by atoms with Crippen molar-refractivity contribution >= 4 is 5.78 Å². The van der Waals surface area contributed by atoms with Crippen LogP contribution in [0.15, 0.2) is 0 Å². The Morgan fingerprint density at radius 2 is 1.94 bits per heavy atom. The lowest BCUT2D eigenvalue weighted by Crippen LogP contribution is -2.41. The Bertz CT molecular complexity index is 262. The molecule has 3 atom stereocenters. The molecule has 0 heterocycles. The Kier molecular flexibility index (Phi) is 6.34. The van der Waals surface area contributed by atoms with Crippen LogP contribution in [0.2, 0.25) is 0 Å². The van der Waals surface area contributed by atoms with E-state index in [1.807, 2.05) is 0 Å². The molecule has 0 aromatic carbocycles. The molecule has 1 aliphatic rings. The van der Waals surface area contributed by atoms with Crippen LogP contribution in [0.25, 0.3) is 0 Å². The van der Waals surface area contributed by atoms with Crippen LogP contribution in [-0.2, 0) is 4.79 Å². The maximum absolute atomic E-state index is 12.1. The second-order valence-corrected chi connectivity index (χ2v) is 6.29. The number of rotatable bonds is 6. The fourth-order valence-electron chi connectivity index (χ4n) is 3.09. The second-order valence-electron chi connectivity index (χ2n) is 6.29. The number of Topliss-reactive ketones (excluding diaryl/α,β-unsaturated/α-hetero) is 1. The van der Waals surface area contributed by atoms with Crippen molar-refractivity contribution in [3.05, 3.63) is 0 Å². The Labute approximate surface area is 113 Å². The largest absolute Gasteiger partial charge is 0.300 e. The van der Waals surface area contributed by atoms with E-state index in [2.05, 4.69) is 39.5 Å². The minimum Gasteiger partial charge on any atom is -0.300 e. The van der Waals surface area contributed by atoms with Gasteiger partial charge in [-0.05, 0) is 44.6 Å². The lowest BCUT2D eigenvalue weighted by atomic mass is 9.75. The first-order valence-corrected chi connectivity index (χ1v) is 7.76. The third kappa shape index (κ3) is 4.08. The molecule has 3 unspecified atom stereocenters. The van der Waals surface area contributed by atoms with Crippen molar-refractivity contribution in [2.45, 2.75) is 66.3 Å². The molecular formula is C16H31NO. The van der Waals surface area contributed by atoms with E-state index in [9.17, 15) is 4.79 Å². The predicted octanol–water partition coefficient (Wildman–Crippen LogP) is 3.75. The van der Waals surface area contributed by atoms with Gasteiger partial charge in [0.15, 0.2) is 0 Å². The summed E-state index contributed by atoms with van der Waals surface area (Å²) < 4.78 is 0. The van der Waals surface area contributed by atoms with Crippen LogP contribution in [0.1, 0.15) is 60.3 Å². The normalized spacial score (nSPS) is 26.9. The smallest absolute Gasteiger partial charge is 0.137 e. The fourth-order valence-corrected chi connectivity index (χ4v) is 3.09. The average Bonchev–Trinajstić information content (AvgIpc) is 2.36. The zero-order valence-corrected chi connectivity index (χ0v) is 12.9. The van der Waals surface area contributed by atoms with Crippen molar-refractivity contribution < 1.29 is 4.79 Å². The van der Waals surface area contributed by atoms with Gasteiger partial charge >= 0.3 is 0 Å². The van der Waals surface area contributed by atoms with E-state index in [0.717, 1.165) is 44.2 Å². The summed E-state index contributed by atoms with van der Waals surface area (Å²) in [5.74, 6) is 2.27. The molecule has 106 valence electrons. The minimum atomic E-state index is 0.292. The summed E-state index contributed by atoms with van der Waals surface area (Å²) in [5.41, 5.74) is 0. The zero-order valence-electron chi connectivity index (χ0n) is 12.9. The maximum atomic E-state index is 12.1. The number of hydrogen-bond donors (Lipinski definition) is 0. The Morgan fingerprint density at radius 3 is 2.44 bits per heavy atom. The van der Waals surface area contributed by atoms with Crippen molar-refractivity contribution in [3.8, 4) is 0 Å². The SMILES string of the molecule is CCC(C)N(CC)CC1CC(C(C)C)CCC1=O. The molecule has 0 aromatic heterocycles. The molecular weight excluding hydrogens is 222 g/mol. The lowest BCUT2D eigenvalue weighted by Gasteiger charge is -2.35. The van der Waals surface area contributed by atoms with Gasteiger partial charge in [-0.25, -0.2) is 0 Å². The monoisotopic (exact) mass is 253 g/mol. The first-order valence-electron chi connectivity index (χ1n) is 7.76. The second kappa shape index (κ2) is 7.28. The maximum Gasteiger partial charge on any atom is 0.137 e. The average molecular weight is 253 g/mol. The van der Waals surface area contributed by atoms with Crippen LogP contribution in [0, 0.1) is 17.8 Å². The lowest BCUT2D eigenvalue weighted by molar-refractivity contribution is -0.126. The topological polar surface area (TPSA) is 20.3 Å². The third-order valence-corrected chi connectivity index (χ3v) is 4.82. The number of hydrogen-bond acceptors (Lipinski definition) is 2. The van der Waals surface area contributed by atoms with E-state index in [-0.39, 0.29) is 0 Å². The summed E-state index contributed by atoms with van der Waals surface area (Å²) >= 11 is 0. The van der Waals surface area contributed by atoms with Gasteiger partial charge in [-0.2, -0.15) is 0 Å². The van der Waals surface area contributed by atoms with E-state index in [0.29, 0.717) is 17.7 Å². The molecule has 1 fully saturated rings. The number of carbonyl (C=O) groups excluding carboxylic acids is 1. The molecule has 0 saturated heterocycles. The fraction of sp³-hybridized carbons (Fsp3) is 0.938. The van der Waals surface area contributed by atoms with Gasteiger partial charge in [0.25, 0.3) is 0 Å². The molecule has 0 aliphatic heterocycles. The highest BCUT2D eigenvalue weighted by molar-refractivity contribution is 5.82. The predicted molar refractivity (Wildman–Crippen MR) is 77.7 cm³/mol. The van der Waals surface area contributed by atoms with Gasteiger partial charge in [-0.1, -0.05) is 27.7 Å². The van der Waals surface area contributed by atoms with Crippen molar-refractivity contribution in [2.75, 3.05) is 13.1 Å². The molecule has 2 heteroatoms. The van der Waals surface area contributed by atoms with Crippen LogP contribution in [0.3, 0.4) is 0 Å². The van der Waals surface area contributed by atoms with Gasteiger partial charge in [0.05, 0.1) is 0 Å². The standard InChI is InChI=1S/C16H31NO/c1-6-13(5)17(7-2)11-15-10-14(12(3)4)8-9-16(15)18/h12-15H,6-11H2,1-5H3. The molecule has 0 radical (unpaired) electrons. The highest BCUT2D eigenvalue weighted by atomic mass is 16.1. The number of carbonyl (C=O) groups is 1. The van der Waals surface area contributed by atoms with E-state index in [4.69, 9.17) is 0 Å². The molecule has 2 nitrogen and oxygen atoms in total. The first kappa shape index (κ1) is 15.7. The number of ketones is 1. The molecule has 0 bridgehead atoms. The van der Waals surface area contributed by atoms with Gasteiger partial charge < -0.3 is 4.90 Å². The molecule has 0 spiro atoms. The van der Waals surface area contributed by atoms with Crippen LogP contribution in [0.4, 0.5) is 0 Å². The molecule has 0 aromatic rings. The number of nitrogens with zero attached hydrogens (tertiary/aromatic N) is 1. The highest BCUT2D eigenvalue weighted by Crippen LogP contribution is 2.32. The van der Waals surface area contributed by atoms with Crippen LogP contribution in [0.5, 0.6) is 0 Å². The van der Waals surface area contributed by atoms with E-state index < -0.39 is 0 Å². The molecule has 0 amide bonds. The minimum absolute atomic E-state index is 0.292. The third-order valence-electron chi connectivity index (χ3n) is 4.82. The van der Waals surface area contributed by atoms with Crippen LogP contribution >= 0.6 is 0 Å². The quantitative estimate of drug-likeness (QED) is 0.718. The zero-order chi connectivity index (χ0) is 13.7. The molecule has 0 N–H and O–H groups in total. The molecule has 1 saturated carbocycles. The Morgan fingerprint density at radius 1 is 1.28 bits per heavy atom. The van der Waals surface area contributed by atoms with E-state index >= 15 is 0 Å². The summed E-state index contributed by atoms with van der Waals surface area (Å²) in [7, 11) is 0. The molecule has 1 rings (SSSR count). The first-order chi connectivity index (χ1) is 8.49. The Balaban J connectivity index is 2.59. The summed E-state index contributed by atoms with van der Waals surface area (Å²) in [6, 6.07) is 0.599. The van der Waals surface area contributed by atoms with Crippen molar-refractivity contribution in [1.82, 2.24) is 4.90 Å². The summed E-state index contributed by atoms with van der Waals surface area (Å²) in [6.07, 6.45) is 4.21. The van der Waals surface area contributed by atoms with Crippen LogP contribution < -0.4 is 0 Å². The Hall–Kier alpha value is -0.370. The van der Waals surface area contributed by atoms with Gasteiger partial charge in [0.2, 0.25) is 0 Å². The summed E-state index contributed by atoms with van der Waals surface area (Å²) in [6.45, 7) is 13.3. The highest BCUT2D eigenvalue weighted by Gasteiger charge is 2.31. The van der Waals surface area contributed by atoms with E-state index in [1.54, 1.807) is 0 Å². The van der Waals surface area contributed by atoms with Gasteiger partial charge in [0.1, 0.15) is 5.78 Å². The molecule has 1 aliphatic carbocycles. The van der Waals surface area contributed by atoms with Crippen LogP contribution in [-0.4, -0.2) is 29.8 Å². The van der Waals surface area contributed by atoms with E-state index in [1.165, 1.54) is 6.42 Å². The van der Waals surface area contributed by atoms with Crippen molar-refractivity contribution in [1.29, 1.82) is 0 Å². The van der Waals surface area contributed by atoms with Crippen molar-refractivity contribution in [2.24, 2.45) is 17.8 Å². The van der Waals surface area contributed by atoms with Crippen molar-refractivity contribution in [3.63, 3.8) is 0 Å².